The second-order valence-corrected chi connectivity index (χ2v) is 7.73. The predicted octanol–water partition coefficient (Wildman–Crippen LogP) is 4.38. The number of hydrogen-bond acceptors (Lipinski definition) is 4. The molecule has 0 saturated carbocycles. The molecule has 2 amide bonds. The fraction of sp³-hybridized carbons (Fsp3) is 0.0870. The van der Waals surface area contributed by atoms with Crippen molar-refractivity contribution >= 4 is 46.3 Å². The number of benzene rings is 3. The second kappa shape index (κ2) is 10.5. The van der Waals surface area contributed by atoms with Gasteiger partial charge in [0.15, 0.2) is 6.61 Å². The largest absolute Gasteiger partial charge is 0.484 e. The molecule has 7 heteroatoms. The summed E-state index contributed by atoms with van der Waals surface area (Å²) >= 11 is 2.15. The molecule has 2 N–H and O–H groups in total. The summed E-state index contributed by atoms with van der Waals surface area (Å²) in [7, 11) is 0. The Kier molecular flexibility index (Phi) is 7.56. The number of aryl methyl sites for hydroxylation is 1. The highest BCUT2D eigenvalue weighted by Crippen LogP contribution is 2.12. The molecule has 0 aliphatic rings. The normalized spacial score (nSPS) is 10.6. The summed E-state index contributed by atoms with van der Waals surface area (Å²) in [5, 5.41) is 6.75. The van der Waals surface area contributed by atoms with Gasteiger partial charge < -0.3 is 10.1 Å². The van der Waals surface area contributed by atoms with Crippen molar-refractivity contribution in [2.75, 3.05) is 11.9 Å². The molecule has 0 saturated heterocycles. The van der Waals surface area contributed by atoms with Gasteiger partial charge in [0.2, 0.25) is 0 Å². The van der Waals surface area contributed by atoms with Gasteiger partial charge in [-0.1, -0.05) is 23.8 Å². The van der Waals surface area contributed by atoms with Crippen LogP contribution in [0.5, 0.6) is 5.75 Å². The topological polar surface area (TPSA) is 79.8 Å². The first-order chi connectivity index (χ1) is 14.5. The van der Waals surface area contributed by atoms with Crippen LogP contribution in [0, 0.1) is 10.5 Å². The number of halogens is 1. The van der Waals surface area contributed by atoms with E-state index in [1.807, 2.05) is 43.3 Å². The van der Waals surface area contributed by atoms with Crippen LogP contribution >= 0.6 is 22.6 Å². The molecule has 3 aromatic carbocycles. The molecule has 0 heterocycles. The van der Waals surface area contributed by atoms with Crippen molar-refractivity contribution in [3.63, 3.8) is 0 Å². The number of carbonyl (C=O) groups is 2. The number of anilines is 1. The van der Waals surface area contributed by atoms with E-state index < -0.39 is 0 Å². The van der Waals surface area contributed by atoms with Gasteiger partial charge in [-0.2, -0.15) is 5.10 Å². The molecule has 0 aliphatic heterocycles. The monoisotopic (exact) mass is 513 g/mol. The maximum absolute atomic E-state index is 12.1. The highest BCUT2D eigenvalue weighted by molar-refractivity contribution is 14.1. The Morgan fingerprint density at radius 2 is 1.77 bits per heavy atom. The Hall–Kier alpha value is -3.20. The van der Waals surface area contributed by atoms with Crippen molar-refractivity contribution in [2.45, 2.75) is 6.92 Å². The first-order valence-corrected chi connectivity index (χ1v) is 10.3. The predicted molar refractivity (Wildman–Crippen MR) is 126 cm³/mol. The second-order valence-electron chi connectivity index (χ2n) is 6.48. The fourth-order valence-electron chi connectivity index (χ4n) is 2.49. The molecule has 0 aromatic heterocycles. The first-order valence-electron chi connectivity index (χ1n) is 9.18. The van der Waals surface area contributed by atoms with Gasteiger partial charge in [-0.15, -0.1) is 0 Å². The molecule has 30 heavy (non-hydrogen) atoms. The van der Waals surface area contributed by atoms with Crippen molar-refractivity contribution in [1.29, 1.82) is 0 Å². The minimum Gasteiger partial charge on any atom is -0.484 e. The third-order valence-corrected chi connectivity index (χ3v) is 4.72. The number of nitrogens with zero attached hydrogens (tertiary/aromatic N) is 1. The summed E-state index contributed by atoms with van der Waals surface area (Å²) in [6.45, 7) is 1.90. The van der Waals surface area contributed by atoms with Gasteiger partial charge in [0.05, 0.1) is 6.21 Å². The zero-order valence-electron chi connectivity index (χ0n) is 16.3. The Bertz CT molecular complexity index is 1050. The lowest BCUT2D eigenvalue weighted by molar-refractivity contribution is -0.118. The Labute approximate surface area is 188 Å². The number of hydrogen-bond donors (Lipinski definition) is 2. The number of carbonyl (C=O) groups excluding carboxylic acids is 2. The van der Waals surface area contributed by atoms with Crippen molar-refractivity contribution in [3.8, 4) is 5.75 Å². The third-order valence-electron chi connectivity index (χ3n) is 4.05. The van der Waals surface area contributed by atoms with Gasteiger partial charge in [-0.25, -0.2) is 5.43 Å². The molecule has 0 spiro atoms. The van der Waals surface area contributed by atoms with E-state index >= 15 is 0 Å². The van der Waals surface area contributed by atoms with Gasteiger partial charge in [-0.05, 0) is 89.7 Å². The first kappa shape index (κ1) is 21.5. The smallest absolute Gasteiger partial charge is 0.271 e. The molecule has 0 unspecified atom stereocenters. The lowest BCUT2D eigenvalue weighted by Crippen LogP contribution is -2.20. The zero-order valence-corrected chi connectivity index (χ0v) is 18.4. The van der Waals surface area contributed by atoms with Crippen molar-refractivity contribution in [2.24, 2.45) is 5.10 Å². The average molecular weight is 513 g/mol. The van der Waals surface area contributed by atoms with Crippen molar-refractivity contribution in [1.82, 2.24) is 5.43 Å². The molecule has 0 atom stereocenters. The molecule has 152 valence electrons. The Morgan fingerprint density at radius 1 is 1.03 bits per heavy atom. The molecule has 3 aromatic rings. The quantitative estimate of drug-likeness (QED) is 0.280. The molecule has 0 aliphatic carbocycles. The summed E-state index contributed by atoms with van der Waals surface area (Å²) in [4.78, 5) is 24.0. The lowest BCUT2D eigenvalue weighted by atomic mass is 10.2. The summed E-state index contributed by atoms with van der Waals surface area (Å²) < 4.78 is 6.48. The maximum Gasteiger partial charge on any atom is 0.271 e. The van der Waals surface area contributed by atoms with Crippen LogP contribution in [0.4, 0.5) is 5.69 Å². The van der Waals surface area contributed by atoms with Crippen LogP contribution in [0.15, 0.2) is 77.9 Å². The van der Waals surface area contributed by atoms with E-state index in [2.05, 4.69) is 38.4 Å². The van der Waals surface area contributed by atoms with Gasteiger partial charge in [0.1, 0.15) is 5.75 Å². The van der Waals surface area contributed by atoms with E-state index in [0.717, 1.165) is 20.4 Å². The molecule has 0 fully saturated rings. The van der Waals surface area contributed by atoms with Crippen LogP contribution in [0.1, 0.15) is 21.5 Å². The highest BCUT2D eigenvalue weighted by Gasteiger charge is 2.05. The summed E-state index contributed by atoms with van der Waals surface area (Å²) in [6.07, 6.45) is 1.54. The van der Waals surface area contributed by atoms with E-state index in [1.165, 1.54) is 0 Å². The number of amides is 2. The molecule has 0 radical (unpaired) electrons. The highest BCUT2D eigenvalue weighted by atomic mass is 127. The van der Waals surface area contributed by atoms with Gasteiger partial charge in [-0.3, -0.25) is 9.59 Å². The lowest BCUT2D eigenvalue weighted by Gasteiger charge is -2.08. The minimum absolute atomic E-state index is 0.0900. The standard InChI is InChI=1S/C23H20IN3O3/c1-16-5-9-20(10-6-16)26-22(28)15-30-21-11-7-17(8-12-21)14-25-27-23(29)18-3-2-4-19(24)13-18/h2-14H,15H2,1H3,(H,26,28)(H,27,29)/b25-14-. The van der Waals surface area contributed by atoms with Crippen LogP contribution in [-0.2, 0) is 4.79 Å². The summed E-state index contributed by atoms with van der Waals surface area (Å²) in [6, 6.07) is 21.8. The summed E-state index contributed by atoms with van der Waals surface area (Å²) in [5.74, 6) is 0.0567. The SMILES string of the molecule is Cc1ccc(NC(=O)COc2ccc(/C=N\NC(=O)c3cccc(I)c3)cc2)cc1. The maximum atomic E-state index is 12.1. The van der Waals surface area contributed by atoms with Crippen LogP contribution in [-0.4, -0.2) is 24.6 Å². The Morgan fingerprint density at radius 3 is 2.47 bits per heavy atom. The van der Waals surface area contributed by atoms with Crippen molar-refractivity contribution < 1.29 is 14.3 Å². The average Bonchev–Trinajstić information content (AvgIpc) is 2.75. The van der Waals surface area contributed by atoms with E-state index in [0.29, 0.717) is 11.3 Å². The van der Waals surface area contributed by atoms with Gasteiger partial charge >= 0.3 is 0 Å². The molecule has 3 rings (SSSR count). The van der Waals surface area contributed by atoms with Gasteiger partial charge in [0.25, 0.3) is 11.8 Å². The minimum atomic E-state index is -0.274. The van der Waals surface area contributed by atoms with E-state index in [-0.39, 0.29) is 18.4 Å². The third kappa shape index (κ3) is 6.70. The van der Waals surface area contributed by atoms with Crippen LogP contribution in [0.3, 0.4) is 0 Å². The fourth-order valence-corrected chi connectivity index (χ4v) is 3.04. The van der Waals surface area contributed by atoms with Crippen LogP contribution in [0.2, 0.25) is 0 Å². The van der Waals surface area contributed by atoms with Gasteiger partial charge in [0, 0.05) is 14.8 Å². The van der Waals surface area contributed by atoms with E-state index in [9.17, 15) is 9.59 Å². The van der Waals surface area contributed by atoms with Crippen LogP contribution in [0.25, 0.3) is 0 Å². The number of nitrogens with one attached hydrogen (secondary N) is 2. The van der Waals surface area contributed by atoms with E-state index in [4.69, 9.17) is 4.74 Å². The number of rotatable bonds is 7. The van der Waals surface area contributed by atoms with Crippen molar-refractivity contribution in [3.05, 3.63) is 93.1 Å². The Balaban J connectivity index is 1.46. The van der Waals surface area contributed by atoms with E-state index in [1.54, 1.807) is 42.6 Å². The molecular formula is C23H20IN3O3. The van der Waals surface area contributed by atoms with Crippen LogP contribution < -0.4 is 15.5 Å². The number of ether oxygens (including phenoxy) is 1. The summed E-state index contributed by atoms with van der Waals surface area (Å²) in [5.41, 5.74) is 5.69. The molecule has 6 nitrogen and oxygen atoms in total. The molecule has 0 bridgehead atoms. The number of hydrazone groups is 1. The molecular weight excluding hydrogens is 493 g/mol. The zero-order chi connectivity index (χ0) is 21.3.